The molecule has 3 aromatic carbocycles. The number of pyridine rings is 1. The van der Waals surface area contributed by atoms with Crippen LogP contribution in [0, 0.1) is 3.57 Å². The minimum Gasteiger partial charge on any atom is -1.00 e. The summed E-state index contributed by atoms with van der Waals surface area (Å²) in [5.74, 6) is 5.33. The van der Waals surface area contributed by atoms with Gasteiger partial charge in [-0.25, -0.2) is 15.4 Å². The predicted octanol–water partition coefficient (Wildman–Crippen LogP) is -5.63. The molecule has 4 nitrogen and oxygen atoms in total. The van der Waals surface area contributed by atoms with E-state index in [0.29, 0.717) is 0 Å². The zero-order chi connectivity index (χ0) is 23.5. The van der Waals surface area contributed by atoms with Gasteiger partial charge >= 0.3 is 0 Å². The lowest BCUT2D eigenvalue weighted by atomic mass is 10.1. The third-order valence-electron chi connectivity index (χ3n) is 6.18. The highest BCUT2D eigenvalue weighted by atomic mass is 127. The molecule has 0 aliphatic carbocycles. The summed E-state index contributed by atoms with van der Waals surface area (Å²) >= 11 is 2.40. The number of unbranched alkanes of at least 4 members (excludes halogenated alkanes) is 1. The normalized spacial score (nSPS) is 9.97. The monoisotopic (exact) mass is 1070 g/mol. The number of anilines is 2. The Morgan fingerprint density at radius 3 is 2.29 bits per heavy atom. The number of hydrogen-bond acceptors (Lipinski definition) is 1. The van der Waals surface area contributed by atoms with E-state index in [-0.39, 0.29) is 95.9 Å². The molecule has 0 aliphatic rings. The number of rotatable bonds is 7. The molecule has 38 heavy (non-hydrogen) atoms. The molecule has 0 atom stereocenters. The first-order valence-corrected chi connectivity index (χ1v) is 12.8. The Labute approximate surface area is 306 Å². The first-order valence-electron chi connectivity index (χ1n) is 11.7. The van der Waals surface area contributed by atoms with Gasteiger partial charge in [0.1, 0.15) is 5.69 Å². The number of quaternary nitrogens is 1. The SMILES string of the molecule is CCCCc1cc(I)cc(N([NH3+])c2ccc3ccn(-c4cccc(-c5ccccc5)c4)c3[nH+]2)c1.[I-].[I-].[I-].[I-]. The number of halogens is 5. The number of aromatic amines is 1. The molecule has 2 heterocycles. The van der Waals surface area contributed by atoms with Crippen molar-refractivity contribution in [2.45, 2.75) is 26.2 Å². The number of nitrogens with one attached hydrogen (secondary N) is 1. The molecule has 0 saturated carbocycles. The first-order chi connectivity index (χ1) is 16.6. The van der Waals surface area contributed by atoms with Crippen molar-refractivity contribution in [2.75, 3.05) is 5.01 Å². The van der Waals surface area contributed by atoms with Gasteiger partial charge in [0.15, 0.2) is 5.69 Å². The number of hydrogen-bond donors (Lipinski definition) is 1. The largest absolute Gasteiger partial charge is 1.00 e. The summed E-state index contributed by atoms with van der Waals surface area (Å²) in [5.41, 5.74) is 7.04. The summed E-state index contributed by atoms with van der Waals surface area (Å²) < 4.78 is 3.44. The standard InChI is InChI=1S/C29H27IN4.4HI/c1-2-3-8-21-17-25(30)20-27(18-21)34(31)28-14-13-23-15-16-33(29(23)32-28)26-12-7-11-24(19-26)22-9-5-4-6-10-22;;;;/h4-7,9-20H,2-3,8,31H2,1H3;4*1H/p-2. The van der Waals surface area contributed by atoms with E-state index < -0.39 is 0 Å². The van der Waals surface area contributed by atoms with Gasteiger partial charge in [-0.15, -0.1) is 5.01 Å². The lowest BCUT2D eigenvalue weighted by Gasteiger charge is -2.12. The van der Waals surface area contributed by atoms with E-state index in [2.05, 4.69) is 136 Å². The van der Waals surface area contributed by atoms with Crippen molar-refractivity contribution < 1.29 is 107 Å². The van der Waals surface area contributed by atoms with Crippen LogP contribution in [0.25, 0.3) is 27.8 Å². The lowest BCUT2D eigenvalue weighted by Crippen LogP contribution is -3.00. The van der Waals surface area contributed by atoms with Crippen LogP contribution in [-0.4, -0.2) is 4.57 Å². The second-order valence-corrected chi connectivity index (χ2v) is 9.84. The van der Waals surface area contributed by atoms with E-state index in [0.717, 1.165) is 34.6 Å². The average molecular weight is 1070 g/mol. The van der Waals surface area contributed by atoms with Crippen molar-refractivity contribution in [1.82, 2.24) is 4.57 Å². The number of aromatic nitrogens is 2. The molecule has 5 rings (SSSR count). The smallest absolute Gasteiger partial charge is 0.276 e. The maximum atomic E-state index is 4.38. The molecule has 2 aromatic heterocycles. The highest BCUT2D eigenvalue weighted by Gasteiger charge is 2.19. The van der Waals surface area contributed by atoms with Crippen molar-refractivity contribution in [3.63, 3.8) is 0 Å². The summed E-state index contributed by atoms with van der Waals surface area (Å²) in [4.78, 5) is 3.64. The van der Waals surface area contributed by atoms with Crippen LogP contribution in [0.4, 0.5) is 11.5 Å². The predicted molar refractivity (Wildman–Crippen MR) is 148 cm³/mol. The number of benzene rings is 3. The Morgan fingerprint density at radius 2 is 1.55 bits per heavy atom. The van der Waals surface area contributed by atoms with Crippen LogP contribution < -0.4 is 112 Å². The van der Waals surface area contributed by atoms with Gasteiger partial charge in [-0.1, -0.05) is 55.8 Å². The maximum absolute atomic E-state index is 4.38. The molecule has 0 aliphatic heterocycles. The highest BCUT2D eigenvalue weighted by molar-refractivity contribution is 14.1. The molecule has 9 heteroatoms. The Balaban J connectivity index is 0.00000180. The fraction of sp³-hybridized carbons (Fsp3) is 0.138. The summed E-state index contributed by atoms with van der Waals surface area (Å²) in [6, 6.07) is 32.3. The number of fused-ring (bicyclic) bond motifs is 1. The van der Waals surface area contributed by atoms with Crippen molar-refractivity contribution in [2.24, 2.45) is 0 Å². The minimum atomic E-state index is 0. The van der Waals surface area contributed by atoms with Gasteiger partial charge in [0.25, 0.3) is 5.82 Å². The van der Waals surface area contributed by atoms with E-state index in [1.807, 2.05) is 11.1 Å². The van der Waals surface area contributed by atoms with Gasteiger partial charge in [-0.3, -0.25) is 0 Å². The second-order valence-electron chi connectivity index (χ2n) is 8.60. The minimum absolute atomic E-state index is 0. The van der Waals surface area contributed by atoms with Crippen molar-refractivity contribution in [3.05, 3.63) is 106 Å². The van der Waals surface area contributed by atoms with Gasteiger partial charge < -0.3 is 95.9 Å². The zero-order valence-electron chi connectivity index (χ0n) is 20.9. The lowest BCUT2D eigenvalue weighted by molar-refractivity contribution is -0.415. The fourth-order valence-electron chi connectivity index (χ4n) is 4.34. The maximum Gasteiger partial charge on any atom is 0.276 e. The van der Waals surface area contributed by atoms with Gasteiger partial charge in [-0.2, -0.15) is 0 Å². The average Bonchev–Trinajstić information content (AvgIpc) is 3.30. The van der Waals surface area contributed by atoms with Crippen LogP contribution >= 0.6 is 22.6 Å². The summed E-state index contributed by atoms with van der Waals surface area (Å²) in [7, 11) is 0. The van der Waals surface area contributed by atoms with Crippen LogP contribution in [0.3, 0.4) is 0 Å². The topological polar surface area (TPSA) is 50.0 Å². The second kappa shape index (κ2) is 16.9. The van der Waals surface area contributed by atoms with Gasteiger partial charge in [0.2, 0.25) is 5.65 Å². The van der Waals surface area contributed by atoms with Crippen LogP contribution in [-0.2, 0) is 6.42 Å². The molecule has 0 spiro atoms. The molecule has 0 radical (unpaired) electrons. The zero-order valence-corrected chi connectivity index (χ0v) is 31.6. The molecule has 5 aromatic rings. The quantitative estimate of drug-likeness (QED) is 0.129. The van der Waals surface area contributed by atoms with E-state index in [4.69, 9.17) is 0 Å². The number of H-pyrrole nitrogens is 1. The van der Waals surface area contributed by atoms with Crippen LogP contribution in [0.2, 0.25) is 0 Å². The van der Waals surface area contributed by atoms with Crippen LogP contribution in [0.5, 0.6) is 0 Å². The molecular formula is C29H29I5N4-2. The van der Waals surface area contributed by atoms with Crippen molar-refractivity contribution >= 4 is 45.1 Å². The molecule has 0 saturated heterocycles. The molecular weight excluding hydrogens is 1040 g/mol. The van der Waals surface area contributed by atoms with E-state index in [1.165, 1.54) is 33.1 Å². The first kappa shape index (κ1) is 35.8. The number of aryl methyl sites for hydroxylation is 1. The van der Waals surface area contributed by atoms with Gasteiger partial charge in [0, 0.05) is 9.64 Å². The molecule has 4 N–H and O–H groups in total. The fourth-order valence-corrected chi connectivity index (χ4v) is 5.06. The van der Waals surface area contributed by atoms with Crippen molar-refractivity contribution in [1.29, 1.82) is 0 Å². The Bertz CT molecular complexity index is 1440. The van der Waals surface area contributed by atoms with E-state index in [1.54, 1.807) is 0 Å². The van der Waals surface area contributed by atoms with E-state index >= 15 is 0 Å². The molecule has 202 valence electrons. The Hall–Kier alpha value is -0.240. The third-order valence-corrected chi connectivity index (χ3v) is 6.80. The molecule has 0 fully saturated rings. The third kappa shape index (κ3) is 8.39. The summed E-state index contributed by atoms with van der Waals surface area (Å²) in [5, 5.41) is 3.16. The molecule has 0 unspecified atom stereocenters. The van der Waals surface area contributed by atoms with Crippen LogP contribution in [0.15, 0.2) is 97.2 Å². The van der Waals surface area contributed by atoms with Gasteiger partial charge in [0.05, 0.1) is 11.6 Å². The van der Waals surface area contributed by atoms with Crippen molar-refractivity contribution in [3.8, 4) is 16.8 Å². The van der Waals surface area contributed by atoms with Gasteiger partial charge in [-0.05, 0) is 94.6 Å². The molecule has 0 amide bonds. The van der Waals surface area contributed by atoms with E-state index in [9.17, 15) is 0 Å². The summed E-state index contributed by atoms with van der Waals surface area (Å²) in [6.45, 7) is 2.23. The highest BCUT2D eigenvalue weighted by Crippen LogP contribution is 2.27. The molecule has 0 bridgehead atoms. The summed E-state index contributed by atoms with van der Waals surface area (Å²) in [6.07, 6.45) is 5.61. The Kier molecular flexibility index (Phi) is 15.9. The Morgan fingerprint density at radius 1 is 0.816 bits per heavy atom. The number of nitrogens with zero attached hydrogens (tertiary/aromatic N) is 2. The van der Waals surface area contributed by atoms with Crippen LogP contribution in [0.1, 0.15) is 25.3 Å².